The number of aromatic nitrogens is 2. The van der Waals surface area contributed by atoms with Crippen LogP contribution in [0.1, 0.15) is 39.5 Å². The molecule has 0 aromatic carbocycles. The van der Waals surface area contributed by atoms with Gasteiger partial charge in [-0.1, -0.05) is 12.1 Å². The zero-order valence-electron chi connectivity index (χ0n) is 16.2. The zero-order chi connectivity index (χ0) is 19.6. The van der Waals surface area contributed by atoms with E-state index >= 15 is 0 Å². The van der Waals surface area contributed by atoms with Gasteiger partial charge in [0.2, 0.25) is 5.95 Å². The lowest BCUT2D eigenvalue weighted by atomic mass is 10.2. The highest BCUT2D eigenvalue weighted by Gasteiger charge is 2.21. The van der Waals surface area contributed by atoms with E-state index in [4.69, 9.17) is 11.5 Å². The van der Waals surface area contributed by atoms with Crippen molar-refractivity contribution < 1.29 is 4.39 Å². The summed E-state index contributed by atoms with van der Waals surface area (Å²) in [6.07, 6.45) is 5.27. The van der Waals surface area contributed by atoms with Crippen molar-refractivity contribution in [2.75, 3.05) is 29.5 Å². The number of hydrogen-bond donors (Lipinski definition) is 3. The minimum absolute atomic E-state index is 0.213. The van der Waals surface area contributed by atoms with E-state index in [9.17, 15) is 4.39 Å². The fourth-order valence-electron chi connectivity index (χ4n) is 3.16. The van der Waals surface area contributed by atoms with Crippen molar-refractivity contribution in [2.24, 2.45) is 0 Å². The minimum Gasteiger partial charge on any atom is -0.384 e. The van der Waals surface area contributed by atoms with Crippen LogP contribution in [0.25, 0.3) is 0 Å². The highest BCUT2D eigenvalue weighted by Crippen LogP contribution is 2.23. The van der Waals surface area contributed by atoms with Gasteiger partial charge in [-0.25, -0.2) is 9.97 Å². The van der Waals surface area contributed by atoms with E-state index < -0.39 is 5.95 Å². The van der Waals surface area contributed by atoms with Crippen LogP contribution < -0.4 is 21.7 Å². The summed E-state index contributed by atoms with van der Waals surface area (Å²) in [7, 11) is 0. The Morgan fingerprint density at radius 3 is 2.11 bits per heavy atom. The molecule has 2 aromatic heterocycles. The van der Waals surface area contributed by atoms with Crippen molar-refractivity contribution in [2.45, 2.75) is 51.6 Å². The lowest BCUT2D eigenvalue weighted by Gasteiger charge is -2.22. The third-order valence-corrected chi connectivity index (χ3v) is 4.65. The molecule has 0 spiro atoms. The first-order valence-corrected chi connectivity index (χ1v) is 9.56. The maximum absolute atomic E-state index is 12.0. The lowest BCUT2D eigenvalue weighted by Crippen LogP contribution is -2.27. The number of nitrogens with two attached hydrogens (primary N) is 2. The Kier molecular flexibility index (Phi) is 8.26. The number of nitrogens with one attached hydrogen (secondary N) is 1. The summed E-state index contributed by atoms with van der Waals surface area (Å²) in [5.74, 6) is 1.30. The molecule has 6 nitrogen and oxygen atoms in total. The molecule has 0 aliphatic carbocycles. The number of nitrogens with zero attached hydrogens (tertiary/aromatic N) is 3. The maximum atomic E-state index is 12.0. The zero-order valence-corrected chi connectivity index (χ0v) is 16.2. The fraction of sp³-hybridized carbons (Fsp3) is 0.500. The van der Waals surface area contributed by atoms with Gasteiger partial charge in [-0.2, -0.15) is 4.39 Å². The molecule has 2 saturated heterocycles. The van der Waals surface area contributed by atoms with Gasteiger partial charge in [0.25, 0.3) is 0 Å². The van der Waals surface area contributed by atoms with Crippen LogP contribution in [0.2, 0.25) is 0 Å². The molecular weight excluding hydrogens is 343 g/mol. The van der Waals surface area contributed by atoms with Gasteiger partial charge in [0.1, 0.15) is 17.5 Å². The second-order valence-corrected chi connectivity index (χ2v) is 6.99. The molecule has 2 atom stereocenters. The summed E-state index contributed by atoms with van der Waals surface area (Å²) < 4.78 is 12.0. The van der Waals surface area contributed by atoms with Crippen LogP contribution in [0, 0.1) is 5.95 Å². The third-order valence-electron chi connectivity index (χ3n) is 4.65. The maximum Gasteiger partial charge on any atom is 0.214 e. The van der Waals surface area contributed by atoms with Gasteiger partial charge in [0, 0.05) is 18.6 Å². The van der Waals surface area contributed by atoms with Crippen molar-refractivity contribution in [3.05, 3.63) is 42.3 Å². The normalized spacial score (nSPS) is 21.1. The second kappa shape index (κ2) is 10.7. The molecule has 4 heterocycles. The molecule has 2 unspecified atom stereocenters. The molecular formula is C20H31FN6. The van der Waals surface area contributed by atoms with Crippen LogP contribution in [0.15, 0.2) is 36.4 Å². The van der Waals surface area contributed by atoms with Crippen LogP contribution >= 0.6 is 0 Å². The molecule has 0 saturated carbocycles. The molecule has 4 rings (SSSR count). The van der Waals surface area contributed by atoms with Crippen molar-refractivity contribution in [3.8, 4) is 0 Å². The molecule has 5 N–H and O–H groups in total. The van der Waals surface area contributed by atoms with E-state index in [-0.39, 0.29) is 5.82 Å². The van der Waals surface area contributed by atoms with E-state index in [0.717, 1.165) is 18.4 Å². The average Bonchev–Trinajstić information content (AvgIpc) is 3.27. The number of nitrogen functional groups attached to an aromatic ring is 2. The lowest BCUT2D eigenvalue weighted by molar-refractivity contribution is 0.586. The molecule has 0 bridgehead atoms. The van der Waals surface area contributed by atoms with Crippen molar-refractivity contribution in [3.63, 3.8) is 0 Å². The van der Waals surface area contributed by atoms with E-state index in [2.05, 4.69) is 34.0 Å². The topological polar surface area (TPSA) is 93.1 Å². The van der Waals surface area contributed by atoms with Crippen molar-refractivity contribution >= 4 is 17.5 Å². The van der Waals surface area contributed by atoms with E-state index in [1.165, 1.54) is 50.4 Å². The standard InChI is InChI=1S/C10H15N3.C5H5FN2.C5H11N/c1-8-4-3-7-13(8)10-6-2-5-9(11)12-10;6-4-2-1-3-5(7)8-4;1-5-3-2-4-6-5/h2,5-6,8H,3-4,7H2,1H3,(H2,11,12);1-3H,(H2,7,8);5-6H,2-4H2,1H3. The molecule has 0 amide bonds. The van der Waals surface area contributed by atoms with Gasteiger partial charge in [-0.15, -0.1) is 0 Å². The van der Waals surface area contributed by atoms with Crippen LogP contribution in [0.4, 0.5) is 21.8 Å². The number of anilines is 3. The average molecular weight is 375 g/mol. The Labute approximate surface area is 161 Å². The molecule has 0 radical (unpaired) electrons. The first-order chi connectivity index (χ1) is 13.0. The van der Waals surface area contributed by atoms with Gasteiger partial charge >= 0.3 is 0 Å². The summed E-state index contributed by atoms with van der Waals surface area (Å²) in [6.45, 7) is 6.81. The molecule has 2 aliphatic heterocycles. The summed E-state index contributed by atoms with van der Waals surface area (Å²) in [5.41, 5.74) is 10.7. The molecule has 2 aliphatic rings. The summed E-state index contributed by atoms with van der Waals surface area (Å²) in [6, 6.07) is 11.5. The Balaban J connectivity index is 0.000000159. The predicted molar refractivity (Wildman–Crippen MR) is 110 cm³/mol. The minimum atomic E-state index is -0.537. The smallest absolute Gasteiger partial charge is 0.214 e. The van der Waals surface area contributed by atoms with Gasteiger partial charge < -0.3 is 21.7 Å². The quantitative estimate of drug-likeness (QED) is 0.664. The Bertz CT molecular complexity index is 672. The largest absolute Gasteiger partial charge is 0.384 e. The molecule has 2 aromatic rings. The Morgan fingerprint density at radius 1 is 1.00 bits per heavy atom. The van der Waals surface area contributed by atoms with Crippen LogP contribution in [-0.2, 0) is 0 Å². The van der Waals surface area contributed by atoms with Crippen molar-refractivity contribution in [1.82, 2.24) is 15.3 Å². The first-order valence-electron chi connectivity index (χ1n) is 9.56. The van der Waals surface area contributed by atoms with Gasteiger partial charge in [0.05, 0.1) is 0 Å². The molecule has 2 fully saturated rings. The summed E-state index contributed by atoms with van der Waals surface area (Å²) >= 11 is 0. The number of halogens is 1. The molecule has 27 heavy (non-hydrogen) atoms. The fourth-order valence-corrected chi connectivity index (χ4v) is 3.16. The monoisotopic (exact) mass is 374 g/mol. The Hall–Kier alpha value is -2.41. The highest BCUT2D eigenvalue weighted by atomic mass is 19.1. The van der Waals surface area contributed by atoms with Crippen LogP contribution in [0.3, 0.4) is 0 Å². The van der Waals surface area contributed by atoms with Gasteiger partial charge in [-0.3, -0.25) is 0 Å². The summed E-state index contributed by atoms with van der Waals surface area (Å²) in [5, 5.41) is 3.32. The number of hydrogen-bond acceptors (Lipinski definition) is 6. The third kappa shape index (κ3) is 7.38. The van der Waals surface area contributed by atoms with Gasteiger partial charge in [0.15, 0.2) is 0 Å². The summed E-state index contributed by atoms with van der Waals surface area (Å²) in [4.78, 5) is 9.91. The van der Waals surface area contributed by atoms with Crippen LogP contribution in [-0.4, -0.2) is 35.1 Å². The highest BCUT2D eigenvalue weighted by molar-refractivity contribution is 5.46. The van der Waals surface area contributed by atoms with Crippen molar-refractivity contribution in [1.29, 1.82) is 0 Å². The molecule has 7 heteroatoms. The van der Waals surface area contributed by atoms with Crippen LogP contribution in [0.5, 0.6) is 0 Å². The predicted octanol–water partition coefficient (Wildman–Crippen LogP) is 3.21. The second-order valence-electron chi connectivity index (χ2n) is 6.99. The van der Waals surface area contributed by atoms with E-state index in [0.29, 0.717) is 11.9 Å². The number of pyridine rings is 2. The van der Waals surface area contributed by atoms with E-state index in [1.54, 1.807) is 0 Å². The molecule has 148 valence electrons. The SMILES string of the molecule is CC1CCCN1.CC1CCCN1c1cccc(N)n1.Nc1cccc(F)n1. The number of rotatable bonds is 1. The Morgan fingerprint density at radius 2 is 1.70 bits per heavy atom. The first kappa shape index (κ1) is 20.9. The van der Waals surface area contributed by atoms with Gasteiger partial charge in [-0.05, 0) is 70.3 Å². The van der Waals surface area contributed by atoms with E-state index in [1.807, 2.05) is 18.2 Å².